The molecule has 0 bridgehead atoms. The van der Waals surface area contributed by atoms with Crippen molar-refractivity contribution in [3.8, 4) is 11.1 Å². The van der Waals surface area contributed by atoms with Crippen molar-refractivity contribution in [1.29, 1.82) is 0 Å². The molecule has 0 spiro atoms. The van der Waals surface area contributed by atoms with Crippen molar-refractivity contribution in [2.45, 2.75) is 31.7 Å². The maximum absolute atomic E-state index is 12.2. The second kappa shape index (κ2) is 8.21. The number of methoxy groups -OCH3 is 1. The third-order valence-corrected chi connectivity index (χ3v) is 5.96. The van der Waals surface area contributed by atoms with Crippen molar-refractivity contribution in [2.75, 3.05) is 13.4 Å². The van der Waals surface area contributed by atoms with Gasteiger partial charge in [-0.15, -0.1) is 0 Å². The number of hydrogen-bond donors (Lipinski definition) is 0. The van der Waals surface area contributed by atoms with Crippen molar-refractivity contribution in [3.05, 3.63) is 71.3 Å². The summed E-state index contributed by atoms with van der Waals surface area (Å²) in [6.07, 6.45) is 1.90. The largest absolute Gasteiger partial charge is 0.464 e. The zero-order chi connectivity index (χ0) is 21.2. The van der Waals surface area contributed by atoms with E-state index in [9.17, 15) is 13.2 Å². The highest BCUT2D eigenvalue weighted by molar-refractivity contribution is 7.90. The molecule has 0 aliphatic heterocycles. The third-order valence-electron chi connectivity index (χ3n) is 4.81. The Morgan fingerprint density at radius 3 is 2.34 bits per heavy atom. The molecule has 0 fully saturated rings. The summed E-state index contributed by atoms with van der Waals surface area (Å²) in [5, 5.41) is 0. The van der Waals surface area contributed by atoms with Gasteiger partial charge in [0.2, 0.25) is 0 Å². The van der Waals surface area contributed by atoms with Crippen LogP contribution in [0.2, 0.25) is 0 Å². The highest BCUT2D eigenvalue weighted by Gasteiger charge is 2.21. The van der Waals surface area contributed by atoms with Crippen LogP contribution in [0, 0.1) is 6.92 Å². The van der Waals surface area contributed by atoms with Crippen LogP contribution in [-0.4, -0.2) is 37.3 Å². The van der Waals surface area contributed by atoms with Crippen molar-refractivity contribution in [3.63, 3.8) is 0 Å². The molecule has 3 aromatic rings. The fraction of sp³-hybridized carbons (Fsp3) is 0.273. The number of carbonyl (C=O) groups is 1. The first-order valence-electron chi connectivity index (χ1n) is 9.29. The number of aryl methyl sites for hydroxylation is 2. The summed E-state index contributed by atoms with van der Waals surface area (Å²) < 4.78 is 31.0. The summed E-state index contributed by atoms with van der Waals surface area (Å²) in [5.41, 5.74) is 3.57. The van der Waals surface area contributed by atoms with Crippen LogP contribution in [0.1, 0.15) is 34.5 Å². The topological polar surface area (TPSA) is 78.3 Å². The minimum absolute atomic E-state index is 0.305. The Balaban J connectivity index is 1.97. The molecule has 6 nitrogen and oxygen atoms in total. The average Bonchev–Trinajstić information content (AvgIpc) is 3.02. The van der Waals surface area contributed by atoms with Gasteiger partial charge in [-0.05, 0) is 24.1 Å². The van der Waals surface area contributed by atoms with E-state index in [2.05, 4.69) is 4.98 Å². The SMILES string of the molecule is CCc1nc(C)c(C(=O)OC)n1Cc1ccc(-c2ccccc2S(C)(=O)=O)cc1. The molecule has 0 N–H and O–H groups in total. The molecule has 0 amide bonds. The van der Waals surface area contributed by atoms with Crippen LogP contribution in [0.15, 0.2) is 53.4 Å². The van der Waals surface area contributed by atoms with Gasteiger partial charge >= 0.3 is 5.97 Å². The Hall–Kier alpha value is -2.93. The van der Waals surface area contributed by atoms with E-state index in [1.165, 1.54) is 13.4 Å². The number of carbonyl (C=O) groups excluding carboxylic acids is 1. The van der Waals surface area contributed by atoms with E-state index in [-0.39, 0.29) is 0 Å². The van der Waals surface area contributed by atoms with Gasteiger partial charge in [0.1, 0.15) is 5.82 Å². The second-order valence-electron chi connectivity index (χ2n) is 6.86. The third kappa shape index (κ3) is 4.24. The predicted molar refractivity (Wildman–Crippen MR) is 112 cm³/mol. The number of hydrogen-bond acceptors (Lipinski definition) is 5. The van der Waals surface area contributed by atoms with E-state index < -0.39 is 15.8 Å². The van der Waals surface area contributed by atoms with Gasteiger partial charge in [-0.3, -0.25) is 0 Å². The number of ether oxygens (including phenoxy) is 1. The fourth-order valence-electron chi connectivity index (χ4n) is 3.43. The summed E-state index contributed by atoms with van der Waals surface area (Å²) in [5.74, 6) is 0.405. The number of nitrogens with zero attached hydrogens (tertiary/aromatic N) is 2. The van der Waals surface area contributed by atoms with Crippen LogP contribution in [0.25, 0.3) is 11.1 Å². The van der Waals surface area contributed by atoms with Gasteiger partial charge in [0.15, 0.2) is 15.5 Å². The second-order valence-corrected chi connectivity index (χ2v) is 8.84. The zero-order valence-electron chi connectivity index (χ0n) is 17.0. The molecule has 3 rings (SSSR count). The van der Waals surface area contributed by atoms with Crippen molar-refractivity contribution < 1.29 is 17.9 Å². The van der Waals surface area contributed by atoms with E-state index in [0.717, 1.165) is 17.0 Å². The van der Waals surface area contributed by atoms with Crippen molar-refractivity contribution >= 4 is 15.8 Å². The van der Waals surface area contributed by atoms with Crippen LogP contribution in [0.4, 0.5) is 0 Å². The molecule has 29 heavy (non-hydrogen) atoms. The van der Waals surface area contributed by atoms with Gasteiger partial charge in [-0.1, -0.05) is 49.4 Å². The van der Waals surface area contributed by atoms with Crippen LogP contribution >= 0.6 is 0 Å². The van der Waals surface area contributed by atoms with Gasteiger partial charge in [-0.25, -0.2) is 18.2 Å². The average molecular weight is 413 g/mol. The molecule has 0 aliphatic rings. The minimum Gasteiger partial charge on any atom is -0.464 e. The minimum atomic E-state index is -3.33. The van der Waals surface area contributed by atoms with Gasteiger partial charge < -0.3 is 9.30 Å². The van der Waals surface area contributed by atoms with Crippen LogP contribution in [0.3, 0.4) is 0 Å². The quantitative estimate of drug-likeness (QED) is 0.578. The summed E-state index contributed by atoms with van der Waals surface area (Å²) in [6, 6.07) is 14.6. The molecular formula is C22H24N2O4S. The smallest absolute Gasteiger partial charge is 0.356 e. The lowest BCUT2D eigenvalue weighted by molar-refractivity contribution is 0.0587. The number of rotatable bonds is 6. The maximum Gasteiger partial charge on any atom is 0.356 e. The summed E-state index contributed by atoms with van der Waals surface area (Å²) in [7, 11) is -1.97. The Bertz CT molecular complexity index is 1150. The van der Waals surface area contributed by atoms with Crippen molar-refractivity contribution in [2.24, 2.45) is 0 Å². The molecule has 7 heteroatoms. The summed E-state index contributed by atoms with van der Waals surface area (Å²) in [4.78, 5) is 17.0. The number of sulfone groups is 1. The number of imidazole rings is 1. The van der Waals surface area contributed by atoms with Gasteiger partial charge in [-0.2, -0.15) is 0 Å². The molecule has 0 saturated heterocycles. The molecule has 0 saturated carbocycles. The Morgan fingerprint density at radius 2 is 1.76 bits per heavy atom. The highest BCUT2D eigenvalue weighted by atomic mass is 32.2. The lowest BCUT2D eigenvalue weighted by Gasteiger charge is -2.12. The van der Waals surface area contributed by atoms with E-state index in [0.29, 0.717) is 34.8 Å². The maximum atomic E-state index is 12.2. The van der Waals surface area contributed by atoms with Gasteiger partial charge in [0.25, 0.3) is 0 Å². The number of benzene rings is 2. The molecule has 0 radical (unpaired) electrons. The first kappa shape index (κ1) is 20.8. The first-order valence-corrected chi connectivity index (χ1v) is 11.2. The van der Waals surface area contributed by atoms with Crippen LogP contribution < -0.4 is 0 Å². The molecular weight excluding hydrogens is 388 g/mol. The Kier molecular flexibility index (Phi) is 5.88. The predicted octanol–water partition coefficient (Wildman–Crippen LogP) is 3.66. The molecule has 0 unspecified atom stereocenters. The number of esters is 1. The monoisotopic (exact) mass is 412 g/mol. The fourth-order valence-corrected chi connectivity index (χ4v) is 4.34. The molecule has 0 atom stereocenters. The molecule has 0 aliphatic carbocycles. The molecule has 2 aromatic carbocycles. The van der Waals surface area contributed by atoms with Crippen LogP contribution in [-0.2, 0) is 27.5 Å². The lowest BCUT2D eigenvalue weighted by atomic mass is 10.0. The van der Waals surface area contributed by atoms with Crippen molar-refractivity contribution in [1.82, 2.24) is 9.55 Å². The summed E-state index contributed by atoms with van der Waals surface area (Å²) >= 11 is 0. The normalized spacial score (nSPS) is 11.4. The van der Waals surface area contributed by atoms with E-state index in [1.54, 1.807) is 25.1 Å². The van der Waals surface area contributed by atoms with E-state index in [4.69, 9.17) is 4.74 Å². The first-order chi connectivity index (χ1) is 13.8. The lowest BCUT2D eigenvalue weighted by Crippen LogP contribution is -2.14. The van der Waals surface area contributed by atoms with Gasteiger partial charge in [0.05, 0.1) is 17.7 Å². The molecule has 152 valence electrons. The van der Waals surface area contributed by atoms with Gasteiger partial charge in [0, 0.05) is 24.8 Å². The zero-order valence-corrected chi connectivity index (χ0v) is 17.8. The highest BCUT2D eigenvalue weighted by Crippen LogP contribution is 2.28. The summed E-state index contributed by atoms with van der Waals surface area (Å²) in [6.45, 7) is 4.26. The van der Waals surface area contributed by atoms with Crippen LogP contribution in [0.5, 0.6) is 0 Å². The Labute approximate surface area is 171 Å². The molecule has 1 heterocycles. The van der Waals surface area contributed by atoms with E-state index in [1.807, 2.05) is 41.8 Å². The number of aromatic nitrogens is 2. The van der Waals surface area contributed by atoms with E-state index >= 15 is 0 Å². The Morgan fingerprint density at radius 1 is 1.10 bits per heavy atom. The standard InChI is InChI=1S/C22H24N2O4S/c1-5-20-23-15(2)21(22(25)28-3)24(20)14-16-10-12-17(13-11-16)18-8-6-7-9-19(18)29(4,26)27/h6-13H,5,14H2,1-4H3. The molecule has 1 aromatic heterocycles.